The van der Waals surface area contributed by atoms with Crippen LogP contribution in [0.5, 0.6) is 11.5 Å². The maximum atomic E-state index is 12.3. The molecule has 0 saturated heterocycles. The van der Waals surface area contributed by atoms with Crippen LogP contribution in [0.3, 0.4) is 0 Å². The van der Waals surface area contributed by atoms with Gasteiger partial charge < -0.3 is 19.2 Å². The summed E-state index contributed by atoms with van der Waals surface area (Å²) >= 11 is 0. The number of rotatable bonds is 8. The Morgan fingerprint density at radius 3 is 2.19 bits per heavy atom. The van der Waals surface area contributed by atoms with Crippen LogP contribution in [0, 0.1) is 13.8 Å². The average molecular weight is 373 g/mol. The quantitative estimate of drug-likeness (QED) is 0.564. The number of H-pyrrole nitrogens is 1. The number of methoxy groups -OCH3 is 1. The van der Waals surface area contributed by atoms with E-state index in [-0.39, 0.29) is 11.5 Å². The smallest absolute Gasteiger partial charge is 0.347 e. The van der Waals surface area contributed by atoms with Gasteiger partial charge in [0, 0.05) is 11.3 Å². The van der Waals surface area contributed by atoms with Gasteiger partial charge >= 0.3 is 5.97 Å². The molecule has 1 heterocycles. The van der Waals surface area contributed by atoms with Crippen LogP contribution < -0.4 is 9.47 Å². The van der Waals surface area contributed by atoms with Crippen molar-refractivity contribution >= 4 is 17.5 Å². The standard InChI is InChI=1S/C20H23NO6/c1-11-18(13(3)22)12(2)21-19(11)17(23)10-26-20(24)14(4)27-16-8-6-15(25-5)7-9-16/h6-9,14,21H,10H2,1-5H3. The predicted octanol–water partition coefficient (Wildman–Crippen LogP) is 3.04. The lowest BCUT2D eigenvalue weighted by Crippen LogP contribution is -2.28. The van der Waals surface area contributed by atoms with Gasteiger partial charge in [-0.25, -0.2) is 4.79 Å². The number of aromatic nitrogens is 1. The molecule has 27 heavy (non-hydrogen) atoms. The molecule has 7 heteroatoms. The van der Waals surface area contributed by atoms with Crippen molar-refractivity contribution in [3.63, 3.8) is 0 Å². The molecule has 1 aromatic carbocycles. The Morgan fingerprint density at radius 1 is 1.07 bits per heavy atom. The molecule has 7 nitrogen and oxygen atoms in total. The van der Waals surface area contributed by atoms with Crippen LogP contribution in [-0.4, -0.2) is 42.3 Å². The van der Waals surface area contributed by atoms with E-state index in [1.807, 2.05) is 0 Å². The van der Waals surface area contributed by atoms with Gasteiger partial charge in [-0.15, -0.1) is 0 Å². The molecule has 0 aliphatic rings. The molecule has 0 bridgehead atoms. The van der Waals surface area contributed by atoms with Gasteiger partial charge in [0.1, 0.15) is 11.5 Å². The monoisotopic (exact) mass is 373 g/mol. The molecule has 0 radical (unpaired) electrons. The molecule has 0 amide bonds. The molecule has 1 aromatic heterocycles. The van der Waals surface area contributed by atoms with Crippen molar-refractivity contribution < 1.29 is 28.6 Å². The van der Waals surface area contributed by atoms with E-state index in [0.29, 0.717) is 28.3 Å². The Bertz CT molecular complexity index is 850. The molecule has 1 N–H and O–H groups in total. The number of hydrogen-bond donors (Lipinski definition) is 1. The lowest BCUT2D eigenvalue weighted by Gasteiger charge is -2.14. The second-order valence-electron chi connectivity index (χ2n) is 6.15. The molecule has 144 valence electrons. The van der Waals surface area contributed by atoms with Crippen LogP contribution >= 0.6 is 0 Å². The molecule has 0 fully saturated rings. The number of benzene rings is 1. The minimum Gasteiger partial charge on any atom is -0.497 e. The molecule has 0 spiro atoms. The van der Waals surface area contributed by atoms with Crippen molar-refractivity contribution in [2.24, 2.45) is 0 Å². The number of aryl methyl sites for hydroxylation is 1. The zero-order chi connectivity index (χ0) is 20.1. The van der Waals surface area contributed by atoms with E-state index in [9.17, 15) is 14.4 Å². The van der Waals surface area contributed by atoms with Crippen molar-refractivity contribution in [1.29, 1.82) is 0 Å². The first-order valence-electron chi connectivity index (χ1n) is 8.45. The fourth-order valence-corrected chi connectivity index (χ4v) is 2.79. The third kappa shape index (κ3) is 4.75. The molecule has 2 aromatic rings. The van der Waals surface area contributed by atoms with E-state index in [2.05, 4.69) is 4.98 Å². The first kappa shape index (κ1) is 20.2. The number of aromatic amines is 1. The third-order valence-corrected chi connectivity index (χ3v) is 4.12. The summed E-state index contributed by atoms with van der Waals surface area (Å²) in [4.78, 5) is 39.0. The fourth-order valence-electron chi connectivity index (χ4n) is 2.79. The highest BCUT2D eigenvalue weighted by Gasteiger charge is 2.22. The Morgan fingerprint density at radius 2 is 1.67 bits per heavy atom. The lowest BCUT2D eigenvalue weighted by atomic mass is 10.1. The summed E-state index contributed by atoms with van der Waals surface area (Å²) in [5, 5.41) is 0. The maximum absolute atomic E-state index is 12.3. The van der Waals surface area contributed by atoms with Crippen LogP contribution in [0.25, 0.3) is 0 Å². The van der Waals surface area contributed by atoms with Crippen molar-refractivity contribution in [2.45, 2.75) is 33.8 Å². The van der Waals surface area contributed by atoms with Crippen LogP contribution in [0.4, 0.5) is 0 Å². The highest BCUT2D eigenvalue weighted by molar-refractivity contribution is 6.04. The number of carbonyl (C=O) groups excluding carboxylic acids is 3. The van der Waals surface area contributed by atoms with E-state index < -0.39 is 24.5 Å². The van der Waals surface area contributed by atoms with Gasteiger partial charge in [-0.2, -0.15) is 0 Å². The number of ether oxygens (including phenoxy) is 3. The largest absolute Gasteiger partial charge is 0.497 e. The minimum absolute atomic E-state index is 0.126. The third-order valence-electron chi connectivity index (χ3n) is 4.12. The number of Topliss-reactive ketones (excluding diaryl/α,β-unsaturated/α-hetero) is 2. The van der Waals surface area contributed by atoms with Crippen LogP contribution in [0.15, 0.2) is 24.3 Å². The van der Waals surface area contributed by atoms with Gasteiger partial charge in [-0.05, 0) is 57.5 Å². The normalized spacial score (nSPS) is 11.6. The van der Waals surface area contributed by atoms with Crippen molar-refractivity contribution in [1.82, 2.24) is 4.98 Å². The van der Waals surface area contributed by atoms with Gasteiger partial charge in [-0.1, -0.05) is 0 Å². The highest BCUT2D eigenvalue weighted by atomic mass is 16.6. The summed E-state index contributed by atoms with van der Waals surface area (Å²) in [6.07, 6.45) is -0.884. The Hall–Kier alpha value is -3.09. The van der Waals surface area contributed by atoms with Gasteiger partial charge in [0.25, 0.3) is 0 Å². The van der Waals surface area contributed by atoms with Gasteiger partial charge in [0.2, 0.25) is 5.78 Å². The zero-order valence-corrected chi connectivity index (χ0v) is 16.0. The summed E-state index contributed by atoms with van der Waals surface area (Å²) < 4.78 is 15.6. The zero-order valence-electron chi connectivity index (χ0n) is 16.0. The van der Waals surface area contributed by atoms with Crippen molar-refractivity contribution in [3.8, 4) is 11.5 Å². The molecule has 0 aliphatic carbocycles. The van der Waals surface area contributed by atoms with E-state index in [1.165, 1.54) is 13.8 Å². The summed E-state index contributed by atoms with van der Waals surface area (Å²) in [6, 6.07) is 6.75. The number of hydrogen-bond acceptors (Lipinski definition) is 6. The molecule has 0 aliphatic heterocycles. The van der Waals surface area contributed by atoms with E-state index in [4.69, 9.17) is 14.2 Å². The highest BCUT2D eigenvalue weighted by Crippen LogP contribution is 2.20. The van der Waals surface area contributed by atoms with E-state index >= 15 is 0 Å². The predicted molar refractivity (Wildman–Crippen MR) is 98.6 cm³/mol. The summed E-state index contributed by atoms with van der Waals surface area (Å²) in [7, 11) is 1.56. The molecular formula is C20H23NO6. The van der Waals surface area contributed by atoms with E-state index in [0.717, 1.165) is 0 Å². The number of carbonyl (C=O) groups is 3. The first-order valence-corrected chi connectivity index (χ1v) is 8.45. The van der Waals surface area contributed by atoms with Crippen LogP contribution in [0.2, 0.25) is 0 Å². The van der Waals surface area contributed by atoms with E-state index in [1.54, 1.807) is 45.2 Å². The topological polar surface area (TPSA) is 94.7 Å². The second-order valence-corrected chi connectivity index (χ2v) is 6.15. The SMILES string of the molecule is COc1ccc(OC(C)C(=O)OCC(=O)c2[nH]c(C)c(C(C)=O)c2C)cc1. The molecule has 0 saturated carbocycles. The Labute approximate surface area is 157 Å². The summed E-state index contributed by atoms with van der Waals surface area (Å²) in [5.41, 5.74) is 1.93. The molecule has 2 rings (SSSR count). The average Bonchev–Trinajstić information content (AvgIpc) is 2.94. The molecular weight excluding hydrogens is 350 g/mol. The first-order chi connectivity index (χ1) is 12.7. The summed E-state index contributed by atoms with van der Waals surface area (Å²) in [5.74, 6) is -0.0444. The Balaban J connectivity index is 1.95. The molecule has 1 unspecified atom stereocenters. The lowest BCUT2D eigenvalue weighted by molar-refractivity contribution is -0.149. The minimum atomic E-state index is -0.884. The van der Waals surface area contributed by atoms with Crippen molar-refractivity contribution in [3.05, 3.63) is 46.8 Å². The Kier molecular flexibility index (Phi) is 6.39. The fraction of sp³-hybridized carbons (Fsp3) is 0.350. The number of ketones is 2. The number of nitrogens with one attached hydrogen (secondary N) is 1. The molecule has 1 atom stereocenters. The van der Waals surface area contributed by atoms with Gasteiger partial charge in [0.05, 0.1) is 12.8 Å². The van der Waals surface area contributed by atoms with Gasteiger partial charge in [0.15, 0.2) is 18.5 Å². The van der Waals surface area contributed by atoms with Crippen LogP contribution in [-0.2, 0) is 9.53 Å². The van der Waals surface area contributed by atoms with Crippen molar-refractivity contribution in [2.75, 3.05) is 13.7 Å². The second kappa shape index (κ2) is 8.53. The van der Waals surface area contributed by atoms with Crippen LogP contribution in [0.1, 0.15) is 46.0 Å². The van der Waals surface area contributed by atoms with Gasteiger partial charge in [-0.3, -0.25) is 9.59 Å². The number of esters is 1. The summed E-state index contributed by atoms with van der Waals surface area (Å²) in [6.45, 7) is 5.94. The maximum Gasteiger partial charge on any atom is 0.347 e.